The molecule has 4 fully saturated rings. The van der Waals surface area contributed by atoms with Gasteiger partial charge in [0.25, 0.3) is 0 Å². The molecule has 11 rings (SSSR count). The second kappa shape index (κ2) is 9.03. The molecule has 2 aliphatic heterocycles. The second-order valence-electron chi connectivity index (χ2n) is 14.2. The van der Waals surface area contributed by atoms with Gasteiger partial charge in [-0.05, 0) is 97.2 Å². The number of aromatic amines is 2. The zero-order chi connectivity index (χ0) is 32.0. The fraction of sp³-hybridized carbons (Fsp3) is 0.263. The molecule has 5 aromatic rings. The van der Waals surface area contributed by atoms with E-state index in [2.05, 4.69) is 34.3 Å². The molecule has 2 saturated heterocycles. The summed E-state index contributed by atoms with van der Waals surface area (Å²) < 4.78 is 0. The Morgan fingerprint density at radius 2 is 0.917 bits per heavy atom. The number of anilines is 2. The maximum atomic E-state index is 13.3. The molecule has 2 saturated carbocycles. The van der Waals surface area contributed by atoms with Gasteiger partial charge < -0.3 is 9.97 Å². The van der Waals surface area contributed by atoms with Crippen molar-refractivity contribution in [1.29, 1.82) is 0 Å². The van der Waals surface area contributed by atoms with Crippen LogP contribution in [0.4, 0.5) is 11.4 Å². The van der Waals surface area contributed by atoms with E-state index in [1.54, 1.807) is 6.07 Å². The van der Waals surface area contributed by atoms with Gasteiger partial charge >= 0.3 is 0 Å². The molecule has 3 aromatic carbocycles. The summed E-state index contributed by atoms with van der Waals surface area (Å²) in [4.78, 5) is 72.3. The zero-order valence-corrected chi connectivity index (χ0v) is 25.5. The van der Waals surface area contributed by atoms with Gasteiger partial charge in [-0.15, -0.1) is 0 Å². The van der Waals surface area contributed by atoms with Crippen LogP contribution in [-0.4, -0.2) is 43.6 Å². The van der Waals surface area contributed by atoms with Gasteiger partial charge in [-0.3, -0.25) is 24.1 Å². The minimum atomic E-state index is -0.240. The molecular weight excluding hydrogens is 604 g/mol. The van der Waals surface area contributed by atoms with E-state index < -0.39 is 0 Å². The molecule has 4 amide bonds. The smallest absolute Gasteiger partial charge is 0.238 e. The summed E-state index contributed by atoms with van der Waals surface area (Å²) in [7, 11) is 0. The van der Waals surface area contributed by atoms with Crippen molar-refractivity contribution in [2.45, 2.75) is 12.8 Å². The Kier molecular flexibility index (Phi) is 4.97. The number of carbonyl (C=O) groups excluding carboxylic acids is 4. The molecule has 48 heavy (non-hydrogen) atoms. The summed E-state index contributed by atoms with van der Waals surface area (Å²) >= 11 is 0. The molecule has 0 spiro atoms. The van der Waals surface area contributed by atoms with Crippen molar-refractivity contribution in [1.82, 2.24) is 19.9 Å². The number of rotatable bonds is 4. The molecule has 4 bridgehead atoms. The van der Waals surface area contributed by atoms with E-state index in [1.807, 2.05) is 54.6 Å². The lowest BCUT2D eigenvalue weighted by molar-refractivity contribution is -0.124. The van der Waals surface area contributed by atoms with Crippen LogP contribution in [0.5, 0.6) is 0 Å². The average molecular weight is 633 g/mol. The summed E-state index contributed by atoms with van der Waals surface area (Å²) in [5.74, 6) is 0.732. The first kappa shape index (κ1) is 26.4. The number of nitrogens with zero attached hydrogens (tertiary/aromatic N) is 4. The van der Waals surface area contributed by atoms with Crippen molar-refractivity contribution in [2.24, 2.45) is 47.3 Å². The lowest BCUT2D eigenvalue weighted by atomic mass is 9.85. The van der Waals surface area contributed by atoms with Gasteiger partial charge in [0.15, 0.2) is 0 Å². The van der Waals surface area contributed by atoms with Gasteiger partial charge in [0.05, 0.1) is 57.1 Å². The molecule has 0 radical (unpaired) electrons. The molecule has 8 atom stereocenters. The number of imide groups is 2. The van der Waals surface area contributed by atoms with Gasteiger partial charge in [0.1, 0.15) is 11.6 Å². The van der Waals surface area contributed by atoms with Crippen LogP contribution in [-0.2, 0) is 19.2 Å². The SMILES string of the molecule is O=C1[C@@H]2[C@H](C(=O)N1c1ccc3nc(-c4ccc5nc(-c6ccc(N7C(=O)[C@H]8[C@H](C7=O)[C@H]7C=C[C@H]8C7)cc6)[nH]c5c4)[nH]c3c1)[C@H]1C=C[C@H]2C1. The highest BCUT2D eigenvalue weighted by molar-refractivity contribution is 6.24. The standard InChI is InChI=1S/C38H28N6O4/c45-35-29-18-1-2-19(13-18)30(29)36(46)43(35)23-8-5-17(6-9-23)33-39-25-11-7-22(15-27(25)41-33)34-40-26-12-10-24(16-28(26)42-34)44-37(47)31-20-3-4-21(14-20)32(31)38(44)48/h1-12,15-16,18-21,29-32H,13-14H2,(H,39,41)(H,40,42)/t18-,19-,20-,21-,29+,30+,31-,32+/m0/s1. The molecular formula is C38H28N6O4. The fourth-order valence-corrected chi connectivity index (χ4v) is 9.65. The minimum absolute atomic E-state index is 0.0859. The van der Waals surface area contributed by atoms with Gasteiger partial charge in [-0.1, -0.05) is 24.3 Å². The van der Waals surface area contributed by atoms with Crippen LogP contribution in [0, 0.1) is 47.3 Å². The van der Waals surface area contributed by atoms with E-state index in [4.69, 9.17) is 9.97 Å². The first-order valence-electron chi connectivity index (χ1n) is 16.6. The molecule has 10 nitrogen and oxygen atoms in total. The van der Waals surface area contributed by atoms with Crippen molar-refractivity contribution >= 4 is 57.1 Å². The van der Waals surface area contributed by atoms with Crippen molar-refractivity contribution < 1.29 is 19.2 Å². The summed E-state index contributed by atoms with van der Waals surface area (Å²) in [6, 6.07) is 18.8. The third-order valence-corrected chi connectivity index (χ3v) is 11.8. The van der Waals surface area contributed by atoms with E-state index >= 15 is 0 Å². The lowest BCUT2D eigenvalue weighted by Gasteiger charge is -2.17. The molecule has 0 unspecified atom stereocenters. The number of carbonyl (C=O) groups is 4. The molecule has 2 N–H and O–H groups in total. The normalized spacial score (nSPS) is 31.1. The molecule has 234 valence electrons. The zero-order valence-electron chi connectivity index (χ0n) is 25.5. The Bertz CT molecular complexity index is 2310. The lowest BCUT2D eigenvalue weighted by Crippen LogP contribution is -2.32. The number of amides is 4. The highest BCUT2D eigenvalue weighted by Gasteiger charge is 2.60. The number of benzene rings is 3. The first-order valence-corrected chi connectivity index (χ1v) is 16.6. The highest BCUT2D eigenvalue weighted by atomic mass is 16.2. The maximum absolute atomic E-state index is 13.3. The van der Waals surface area contributed by atoms with E-state index in [-0.39, 0.29) is 71.0 Å². The third-order valence-electron chi connectivity index (χ3n) is 11.8. The number of hydrogen-bond acceptors (Lipinski definition) is 6. The summed E-state index contributed by atoms with van der Waals surface area (Å²) in [6.07, 6.45) is 10.2. The Morgan fingerprint density at radius 1 is 0.500 bits per heavy atom. The van der Waals surface area contributed by atoms with Crippen molar-refractivity contribution in [3.05, 3.63) is 85.0 Å². The quantitative estimate of drug-likeness (QED) is 0.202. The van der Waals surface area contributed by atoms with Crippen LogP contribution in [0.15, 0.2) is 85.0 Å². The van der Waals surface area contributed by atoms with Crippen molar-refractivity contribution in [2.75, 3.05) is 9.80 Å². The minimum Gasteiger partial charge on any atom is -0.338 e. The number of imidazole rings is 2. The topological polar surface area (TPSA) is 132 Å². The van der Waals surface area contributed by atoms with Crippen LogP contribution in [0.25, 0.3) is 44.8 Å². The Labute approximate surface area is 273 Å². The van der Waals surface area contributed by atoms with E-state index in [1.165, 1.54) is 9.80 Å². The highest BCUT2D eigenvalue weighted by Crippen LogP contribution is 2.54. The van der Waals surface area contributed by atoms with E-state index in [0.29, 0.717) is 23.0 Å². The van der Waals surface area contributed by atoms with Crippen LogP contribution >= 0.6 is 0 Å². The van der Waals surface area contributed by atoms with Crippen molar-refractivity contribution in [3.8, 4) is 22.8 Å². The Hall–Kier alpha value is -5.64. The number of fused-ring (bicyclic) bond motifs is 12. The number of nitrogens with one attached hydrogen (secondary N) is 2. The summed E-state index contributed by atoms with van der Waals surface area (Å²) in [6.45, 7) is 0. The Balaban J connectivity index is 0.860. The number of aromatic nitrogens is 4. The maximum Gasteiger partial charge on any atom is 0.238 e. The number of allylic oxidation sites excluding steroid dienone is 4. The molecule has 6 aliphatic rings. The van der Waals surface area contributed by atoms with Crippen LogP contribution in [0.2, 0.25) is 0 Å². The van der Waals surface area contributed by atoms with Crippen LogP contribution in [0.1, 0.15) is 12.8 Å². The van der Waals surface area contributed by atoms with Crippen LogP contribution in [0.3, 0.4) is 0 Å². The predicted octanol–water partition coefficient (Wildman–Crippen LogP) is 5.40. The van der Waals surface area contributed by atoms with Crippen molar-refractivity contribution in [3.63, 3.8) is 0 Å². The average Bonchev–Trinajstić information content (AvgIpc) is 3.95. The third kappa shape index (κ3) is 3.36. The summed E-state index contributed by atoms with van der Waals surface area (Å²) in [5.41, 5.74) is 5.97. The van der Waals surface area contributed by atoms with Gasteiger partial charge in [0.2, 0.25) is 23.6 Å². The van der Waals surface area contributed by atoms with Crippen LogP contribution < -0.4 is 9.80 Å². The molecule has 4 heterocycles. The fourth-order valence-electron chi connectivity index (χ4n) is 9.65. The predicted molar refractivity (Wildman–Crippen MR) is 177 cm³/mol. The number of hydrogen-bond donors (Lipinski definition) is 2. The molecule has 4 aliphatic carbocycles. The van der Waals surface area contributed by atoms with E-state index in [0.717, 1.165) is 46.0 Å². The van der Waals surface area contributed by atoms with Gasteiger partial charge in [-0.2, -0.15) is 0 Å². The number of H-pyrrole nitrogens is 2. The first-order chi connectivity index (χ1) is 23.4. The molecule has 2 aromatic heterocycles. The van der Waals surface area contributed by atoms with E-state index in [9.17, 15) is 19.2 Å². The summed E-state index contributed by atoms with van der Waals surface area (Å²) in [5, 5.41) is 0. The van der Waals surface area contributed by atoms with Gasteiger partial charge in [-0.25, -0.2) is 14.9 Å². The second-order valence-corrected chi connectivity index (χ2v) is 14.2. The largest absolute Gasteiger partial charge is 0.338 e. The monoisotopic (exact) mass is 632 g/mol. The van der Waals surface area contributed by atoms with Gasteiger partial charge in [0, 0.05) is 11.1 Å². The molecule has 10 heteroatoms. The Morgan fingerprint density at radius 3 is 1.46 bits per heavy atom.